The van der Waals surface area contributed by atoms with Gasteiger partial charge in [0.1, 0.15) is 5.78 Å². The van der Waals surface area contributed by atoms with Crippen molar-refractivity contribution < 1.29 is 4.79 Å². The lowest BCUT2D eigenvalue weighted by molar-refractivity contribution is -0.124. The first-order valence-corrected chi connectivity index (χ1v) is 11.8. The number of carbonyl (C=O) groups is 1. The minimum atomic E-state index is 0.329. The van der Waals surface area contributed by atoms with Crippen molar-refractivity contribution >= 4 is 5.78 Å². The Labute approximate surface area is 172 Å². The van der Waals surface area contributed by atoms with Crippen molar-refractivity contribution in [3.8, 4) is 0 Å². The molecule has 154 valence electrons. The quantitative estimate of drug-likeness (QED) is 0.367. The molecular formula is C27H40O. The van der Waals surface area contributed by atoms with Gasteiger partial charge < -0.3 is 0 Å². The maximum atomic E-state index is 12.1. The van der Waals surface area contributed by atoms with Crippen molar-refractivity contribution in [2.75, 3.05) is 0 Å². The van der Waals surface area contributed by atoms with Gasteiger partial charge in [0, 0.05) is 12.8 Å². The molecule has 0 aromatic rings. The number of hydrogen-bond donors (Lipinski definition) is 0. The van der Waals surface area contributed by atoms with Crippen molar-refractivity contribution in [2.24, 2.45) is 34.5 Å². The molecule has 6 atom stereocenters. The number of carbonyl (C=O) groups excluding carboxylic acids is 1. The Morgan fingerprint density at radius 1 is 1.07 bits per heavy atom. The predicted molar refractivity (Wildman–Crippen MR) is 118 cm³/mol. The molecule has 0 heterocycles. The summed E-state index contributed by atoms with van der Waals surface area (Å²) in [6, 6.07) is 0. The lowest BCUT2D eigenvalue weighted by atomic mass is 9.50. The lowest BCUT2D eigenvalue weighted by Crippen LogP contribution is -2.44. The van der Waals surface area contributed by atoms with Crippen molar-refractivity contribution in [3.05, 3.63) is 34.9 Å². The highest BCUT2D eigenvalue weighted by Gasteiger charge is 2.55. The smallest absolute Gasteiger partial charge is 0.133 e. The van der Waals surface area contributed by atoms with E-state index in [9.17, 15) is 4.79 Å². The summed E-state index contributed by atoms with van der Waals surface area (Å²) in [6.07, 6.45) is 17.7. The van der Waals surface area contributed by atoms with E-state index in [-0.39, 0.29) is 0 Å². The Morgan fingerprint density at radius 3 is 2.61 bits per heavy atom. The molecule has 4 rings (SSSR count). The van der Waals surface area contributed by atoms with E-state index in [4.69, 9.17) is 0 Å². The van der Waals surface area contributed by atoms with Crippen LogP contribution >= 0.6 is 0 Å². The fourth-order valence-electron chi connectivity index (χ4n) is 7.71. The van der Waals surface area contributed by atoms with Crippen molar-refractivity contribution in [1.82, 2.24) is 0 Å². The van der Waals surface area contributed by atoms with E-state index in [2.05, 4.69) is 52.8 Å². The molecule has 0 N–H and O–H groups in total. The van der Waals surface area contributed by atoms with Gasteiger partial charge in [-0.2, -0.15) is 0 Å². The number of rotatable bonds is 3. The molecule has 28 heavy (non-hydrogen) atoms. The zero-order valence-electron chi connectivity index (χ0n) is 18.8. The van der Waals surface area contributed by atoms with Crippen molar-refractivity contribution in [2.45, 2.75) is 92.4 Å². The Kier molecular flexibility index (Phi) is 5.26. The molecule has 0 saturated heterocycles. The van der Waals surface area contributed by atoms with Crippen LogP contribution in [0.15, 0.2) is 34.9 Å². The topological polar surface area (TPSA) is 17.1 Å². The number of hydrogen-bond acceptors (Lipinski definition) is 1. The average molecular weight is 381 g/mol. The third-order valence-electron chi connectivity index (χ3n) is 9.36. The summed E-state index contributed by atoms with van der Waals surface area (Å²) in [6.45, 7) is 11.9. The molecule has 1 unspecified atom stereocenters. The normalized spacial score (nSPS) is 41.5. The summed E-state index contributed by atoms with van der Waals surface area (Å²) >= 11 is 0. The summed E-state index contributed by atoms with van der Waals surface area (Å²) in [5.41, 5.74) is 5.84. The molecule has 0 amide bonds. The van der Waals surface area contributed by atoms with E-state index >= 15 is 0 Å². The molecule has 0 radical (unpaired) electrons. The van der Waals surface area contributed by atoms with Crippen LogP contribution in [0.5, 0.6) is 0 Å². The molecule has 0 aromatic heterocycles. The van der Waals surface area contributed by atoms with E-state index < -0.39 is 0 Å². The summed E-state index contributed by atoms with van der Waals surface area (Å²) in [7, 11) is 0. The first-order valence-electron chi connectivity index (χ1n) is 11.8. The molecule has 0 spiro atoms. The van der Waals surface area contributed by atoms with Gasteiger partial charge in [-0.1, -0.05) is 55.7 Å². The van der Waals surface area contributed by atoms with E-state index in [0.717, 1.165) is 31.1 Å². The fraction of sp³-hybridized carbons (Fsp3) is 0.741. The monoisotopic (exact) mass is 380 g/mol. The minimum absolute atomic E-state index is 0.329. The Bertz CT molecular complexity index is 733. The average Bonchev–Trinajstić information content (AvgIpc) is 2.99. The molecule has 2 fully saturated rings. The van der Waals surface area contributed by atoms with Gasteiger partial charge in [0.2, 0.25) is 0 Å². The van der Waals surface area contributed by atoms with Gasteiger partial charge in [-0.25, -0.2) is 0 Å². The Hall–Kier alpha value is -1.11. The molecule has 2 saturated carbocycles. The first-order chi connectivity index (χ1) is 13.3. The van der Waals surface area contributed by atoms with Crippen LogP contribution in [-0.4, -0.2) is 5.78 Å². The van der Waals surface area contributed by atoms with Gasteiger partial charge in [0.05, 0.1) is 0 Å². The maximum Gasteiger partial charge on any atom is 0.133 e. The standard InChI is InChI=1S/C27H40O/c1-18(2)7-6-8-19(3)23-11-12-24-22-10-9-20-17-21(28)13-15-26(20,4)25(22)14-16-27(23,24)5/h6-8,19-20,23-24H,9-17H2,1-5H3/t19-,20?,23-,24+,26+,27-/m1/s1. The predicted octanol–water partition coefficient (Wildman–Crippen LogP) is 7.44. The highest BCUT2D eigenvalue weighted by atomic mass is 16.1. The second kappa shape index (κ2) is 7.29. The third kappa shape index (κ3) is 3.17. The molecule has 1 heteroatoms. The van der Waals surface area contributed by atoms with Gasteiger partial charge in [0.25, 0.3) is 0 Å². The third-order valence-corrected chi connectivity index (χ3v) is 9.36. The number of fused-ring (bicyclic) bond motifs is 4. The summed E-state index contributed by atoms with van der Waals surface area (Å²) in [5, 5.41) is 0. The van der Waals surface area contributed by atoms with Crippen LogP contribution < -0.4 is 0 Å². The van der Waals surface area contributed by atoms with Crippen LogP contribution in [0, 0.1) is 34.5 Å². The van der Waals surface area contributed by atoms with Crippen LogP contribution in [0.25, 0.3) is 0 Å². The molecule has 0 aliphatic heterocycles. The van der Waals surface area contributed by atoms with Gasteiger partial charge >= 0.3 is 0 Å². The number of ketones is 1. The van der Waals surface area contributed by atoms with Crippen LogP contribution in [-0.2, 0) is 4.79 Å². The first kappa shape index (κ1) is 20.2. The molecule has 4 aliphatic rings. The van der Waals surface area contributed by atoms with E-state index in [1.165, 1.54) is 44.1 Å². The van der Waals surface area contributed by atoms with Crippen LogP contribution in [0.2, 0.25) is 0 Å². The van der Waals surface area contributed by atoms with Gasteiger partial charge in [0.15, 0.2) is 0 Å². The fourth-order valence-corrected chi connectivity index (χ4v) is 7.71. The Morgan fingerprint density at radius 2 is 1.86 bits per heavy atom. The SMILES string of the molecule is CC(C)=CC=C[C@@H](C)[C@H]1CC[C@H]2C3=C(CC[C@]12C)[C@@]1(C)CCC(=O)CC1CC3. The number of allylic oxidation sites excluding steroid dienone is 6. The molecule has 0 bridgehead atoms. The minimum Gasteiger partial charge on any atom is -0.300 e. The molecule has 0 aromatic carbocycles. The highest BCUT2D eigenvalue weighted by molar-refractivity contribution is 5.80. The lowest BCUT2D eigenvalue weighted by Gasteiger charge is -2.54. The largest absolute Gasteiger partial charge is 0.300 e. The Balaban J connectivity index is 1.60. The summed E-state index contributed by atoms with van der Waals surface area (Å²) < 4.78 is 0. The van der Waals surface area contributed by atoms with Crippen molar-refractivity contribution in [1.29, 1.82) is 0 Å². The van der Waals surface area contributed by atoms with Gasteiger partial charge in [-0.3, -0.25) is 4.79 Å². The maximum absolute atomic E-state index is 12.1. The van der Waals surface area contributed by atoms with Crippen LogP contribution in [0.4, 0.5) is 0 Å². The second-order valence-electron chi connectivity index (χ2n) is 11.1. The zero-order valence-corrected chi connectivity index (χ0v) is 18.8. The number of Topliss-reactive ketones (excluding diaryl/α,β-unsaturated/α-hetero) is 1. The molecular weight excluding hydrogens is 340 g/mol. The summed E-state index contributed by atoms with van der Waals surface area (Å²) in [5.74, 6) is 3.42. The zero-order chi connectivity index (χ0) is 20.1. The van der Waals surface area contributed by atoms with E-state index in [0.29, 0.717) is 28.4 Å². The van der Waals surface area contributed by atoms with Gasteiger partial charge in [-0.15, -0.1) is 0 Å². The molecule has 4 aliphatic carbocycles. The summed E-state index contributed by atoms with van der Waals surface area (Å²) in [4.78, 5) is 12.1. The highest BCUT2D eigenvalue weighted by Crippen LogP contribution is 2.65. The van der Waals surface area contributed by atoms with Crippen molar-refractivity contribution in [3.63, 3.8) is 0 Å². The van der Waals surface area contributed by atoms with E-state index in [1.54, 1.807) is 0 Å². The van der Waals surface area contributed by atoms with Crippen LogP contribution in [0.3, 0.4) is 0 Å². The second-order valence-corrected chi connectivity index (χ2v) is 11.1. The van der Waals surface area contributed by atoms with Crippen LogP contribution in [0.1, 0.15) is 92.4 Å². The van der Waals surface area contributed by atoms with Gasteiger partial charge in [-0.05, 0) is 93.3 Å². The van der Waals surface area contributed by atoms with E-state index in [1.807, 2.05) is 11.1 Å². The molecule has 1 nitrogen and oxygen atoms in total.